The fraction of sp³-hybridized carbons (Fsp3) is 0.0909. The van der Waals surface area contributed by atoms with E-state index in [0.717, 1.165) is 6.20 Å². The minimum absolute atomic E-state index is 0.154. The Balaban J connectivity index is 2.40. The van der Waals surface area contributed by atoms with Crippen molar-refractivity contribution in [2.75, 3.05) is 0 Å². The fourth-order valence-corrected chi connectivity index (χ4v) is 1.43. The van der Waals surface area contributed by atoms with Crippen LogP contribution in [0, 0.1) is 0 Å². The zero-order valence-corrected chi connectivity index (χ0v) is 9.89. The Bertz CT molecular complexity index is 591. The van der Waals surface area contributed by atoms with E-state index in [9.17, 15) is 21.8 Å². The molecule has 2 aromatic rings. The standard InChI is InChI=1S/C11H8BF5N2O/c13-11(14,15)12(16,17)20-19-8-4-7-18-10(19)9-5-2-1-3-6-9/h1-8H. The number of rotatable bonds is 3. The van der Waals surface area contributed by atoms with E-state index in [2.05, 4.69) is 9.74 Å². The van der Waals surface area contributed by atoms with E-state index in [0.29, 0.717) is 10.3 Å². The Morgan fingerprint density at radius 2 is 1.70 bits per heavy atom. The molecule has 0 bridgehead atoms. The van der Waals surface area contributed by atoms with Gasteiger partial charge in [-0.3, -0.25) is 0 Å². The molecule has 0 saturated carbocycles. The van der Waals surface area contributed by atoms with Crippen molar-refractivity contribution in [1.82, 2.24) is 4.98 Å². The molecule has 0 spiro atoms. The van der Waals surface area contributed by atoms with E-state index in [1.807, 2.05) is 0 Å². The zero-order chi connectivity index (χ0) is 14.8. The molecular formula is C11H8BF5N2O. The first-order valence-electron chi connectivity index (χ1n) is 5.50. The second-order valence-electron chi connectivity index (χ2n) is 3.88. The van der Waals surface area contributed by atoms with Crippen molar-refractivity contribution in [2.24, 2.45) is 0 Å². The Hall–Kier alpha value is -2.19. The van der Waals surface area contributed by atoms with Crippen LogP contribution in [0.1, 0.15) is 0 Å². The van der Waals surface area contributed by atoms with Gasteiger partial charge in [0.15, 0.2) is 0 Å². The predicted molar refractivity (Wildman–Crippen MR) is 60.5 cm³/mol. The molecular weight excluding hydrogens is 282 g/mol. The highest BCUT2D eigenvalue weighted by Crippen LogP contribution is 2.29. The summed E-state index contributed by atoms with van der Waals surface area (Å²) >= 11 is 0. The van der Waals surface area contributed by atoms with Crippen LogP contribution < -0.4 is 9.49 Å². The van der Waals surface area contributed by atoms with Gasteiger partial charge in [0.1, 0.15) is 12.4 Å². The summed E-state index contributed by atoms with van der Waals surface area (Å²) in [5.74, 6) is -0.154. The summed E-state index contributed by atoms with van der Waals surface area (Å²) in [6.07, 6.45) is -3.55. The third-order valence-corrected chi connectivity index (χ3v) is 2.37. The smallest absolute Gasteiger partial charge is 0.478 e. The molecule has 3 nitrogen and oxygen atoms in total. The first-order chi connectivity index (χ1) is 9.31. The maximum absolute atomic E-state index is 13.0. The second kappa shape index (κ2) is 5.07. The molecule has 1 aromatic carbocycles. The van der Waals surface area contributed by atoms with Gasteiger partial charge in [0.25, 0.3) is 0 Å². The monoisotopic (exact) mass is 290 g/mol. The lowest BCUT2D eigenvalue weighted by atomic mass is 9.87. The van der Waals surface area contributed by atoms with E-state index >= 15 is 0 Å². The first kappa shape index (κ1) is 14.2. The molecule has 0 aliphatic carbocycles. The number of hydrogen-bond acceptors (Lipinski definition) is 2. The third kappa shape index (κ3) is 2.86. The van der Waals surface area contributed by atoms with Crippen molar-refractivity contribution in [3.63, 3.8) is 0 Å². The Morgan fingerprint density at radius 1 is 1.05 bits per heavy atom. The summed E-state index contributed by atoms with van der Waals surface area (Å²) in [5, 5.41) is 0. The van der Waals surface area contributed by atoms with E-state index in [-0.39, 0.29) is 5.82 Å². The van der Waals surface area contributed by atoms with Gasteiger partial charge in [0, 0.05) is 6.07 Å². The van der Waals surface area contributed by atoms with Crippen molar-refractivity contribution in [3.05, 3.63) is 48.8 Å². The van der Waals surface area contributed by atoms with Crippen molar-refractivity contribution in [3.8, 4) is 11.4 Å². The molecule has 106 valence electrons. The molecule has 0 radical (unpaired) electrons. The predicted octanol–water partition coefficient (Wildman–Crippen LogP) is 2.44. The highest BCUT2D eigenvalue weighted by molar-refractivity contribution is 6.61. The number of hydrogen-bond donors (Lipinski definition) is 0. The summed E-state index contributed by atoms with van der Waals surface area (Å²) in [4.78, 5) is 3.76. The third-order valence-electron chi connectivity index (χ3n) is 2.37. The van der Waals surface area contributed by atoms with E-state index in [4.69, 9.17) is 0 Å². The summed E-state index contributed by atoms with van der Waals surface area (Å²) in [6, 6.07) is 9.09. The van der Waals surface area contributed by atoms with Crippen LogP contribution in [-0.2, 0) is 0 Å². The van der Waals surface area contributed by atoms with Crippen LogP contribution in [0.25, 0.3) is 11.4 Å². The van der Waals surface area contributed by atoms with Gasteiger partial charge >= 0.3 is 18.8 Å². The van der Waals surface area contributed by atoms with Crippen LogP contribution >= 0.6 is 0 Å². The Labute approximate surface area is 110 Å². The number of alkyl halides is 3. The van der Waals surface area contributed by atoms with Gasteiger partial charge in [-0.25, -0.2) is 13.2 Å². The number of halogens is 5. The van der Waals surface area contributed by atoms with Crippen LogP contribution in [0.15, 0.2) is 48.8 Å². The Kier molecular flexibility index (Phi) is 3.60. The molecule has 0 N–H and O–H groups in total. The average molecular weight is 290 g/mol. The largest absolute Gasteiger partial charge is 0.641 e. The van der Waals surface area contributed by atoms with Crippen LogP contribution in [0.4, 0.5) is 21.8 Å². The van der Waals surface area contributed by atoms with E-state index in [1.165, 1.54) is 24.4 Å². The number of nitrogens with zero attached hydrogens (tertiary/aromatic N) is 2. The van der Waals surface area contributed by atoms with Crippen molar-refractivity contribution >= 4 is 6.90 Å². The molecule has 2 rings (SSSR count). The first-order valence-corrected chi connectivity index (χ1v) is 5.50. The highest BCUT2D eigenvalue weighted by atomic mass is 19.4. The van der Waals surface area contributed by atoms with Gasteiger partial charge in [0.05, 0.1) is 5.56 Å². The number of aromatic nitrogens is 2. The van der Waals surface area contributed by atoms with Crippen LogP contribution in [-0.4, -0.2) is 18.0 Å². The maximum Gasteiger partial charge on any atom is 0.641 e. The molecule has 20 heavy (non-hydrogen) atoms. The Morgan fingerprint density at radius 3 is 2.30 bits per heavy atom. The zero-order valence-electron chi connectivity index (χ0n) is 9.89. The molecule has 0 aliphatic rings. The lowest BCUT2D eigenvalue weighted by Gasteiger charge is -2.25. The lowest BCUT2D eigenvalue weighted by Crippen LogP contribution is -2.62. The van der Waals surface area contributed by atoms with Gasteiger partial charge in [-0.15, -0.1) is 0 Å². The van der Waals surface area contributed by atoms with E-state index in [1.54, 1.807) is 18.2 Å². The maximum atomic E-state index is 13.0. The normalized spacial score (nSPS) is 12.2. The topological polar surface area (TPSA) is 26.0 Å². The average Bonchev–Trinajstić information content (AvgIpc) is 2.38. The highest BCUT2D eigenvalue weighted by Gasteiger charge is 2.59. The van der Waals surface area contributed by atoms with Crippen molar-refractivity contribution < 1.29 is 31.3 Å². The van der Waals surface area contributed by atoms with Gasteiger partial charge in [-0.1, -0.05) is 22.9 Å². The number of benzene rings is 1. The quantitative estimate of drug-likeness (QED) is 0.493. The molecule has 1 heterocycles. The molecule has 9 heteroatoms. The van der Waals surface area contributed by atoms with Crippen LogP contribution in [0.3, 0.4) is 0 Å². The minimum atomic E-state index is -6.02. The van der Waals surface area contributed by atoms with Crippen LogP contribution in [0.5, 0.6) is 0 Å². The summed E-state index contributed by atoms with van der Waals surface area (Å²) in [5.41, 5.74) is 0.349. The van der Waals surface area contributed by atoms with Gasteiger partial charge < -0.3 is 13.4 Å². The van der Waals surface area contributed by atoms with Gasteiger partial charge in [-0.05, 0) is 17.1 Å². The van der Waals surface area contributed by atoms with Crippen molar-refractivity contribution in [1.29, 1.82) is 0 Å². The summed E-state index contributed by atoms with van der Waals surface area (Å²) < 4.78 is 66.6. The molecule has 0 fully saturated rings. The molecule has 1 aromatic heterocycles. The van der Waals surface area contributed by atoms with Crippen molar-refractivity contribution in [2.45, 2.75) is 6.08 Å². The summed E-state index contributed by atoms with van der Waals surface area (Å²) in [7, 11) is 0. The molecule has 0 atom stereocenters. The minimum Gasteiger partial charge on any atom is -0.478 e. The molecule has 0 amide bonds. The van der Waals surface area contributed by atoms with Crippen LogP contribution in [0.2, 0.25) is 0 Å². The fourth-order valence-electron chi connectivity index (χ4n) is 1.43. The summed E-state index contributed by atoms with van der Waals surface area (Å²) in [6.45, 7) is -6.02. The van der Waals surface area contributed by atoms with Gasteiger partial charge in [-0.2, -0.15) is 0 Å². The molecule has 0 aliphatic heterocycles. The molecule has 0 saturated heterocycles. The van der Waals surface area contributed by atoms with E-state index < -0.39 is 13.0 Å². The second-order valence-corrected chi connectivity index (χ2v) is 3.88. The lowest BCUT2D eigenvalue weighted by molar-refractivity contribution is -0.861. The SMILES string of the molecule is F[B-](F)(O[n+]1cccnc1-c1ccccc1)C(F)(F)F. The van der Waals surface area contributed by atoms with Gasteiger partial charge in [0.2, 0.25) is 0 Å². The molecule has 0 unspecified atom stereocenters.